The number of nitro groups is 1. The highest BCUT2D eigenvalue weighted by atomic mass is 35.5. The summed E-state index contributed by atoms with van der Waals surface area (Å²) in [4.78, 5) is 29.2. The van der Waals surface area contributed by atoms with Gasteiger partial charge in [-0.25, -0.2) is 10.4 Å². The highest BCUT2D eigenvalue weighted by Crippen LogP contribution is 2.36. The smallest absolute Gasteiger partial charge is 0.275 e. The van der Waals surface area contributed by atoms with Crippen molar-refractivity contribution in [3.63, 3.8) is 0 Å². The van der Waals surface area contributed by atoms with Crippen LogP contribution >= 0.6 is 46.3 Å². The molecule has 0 spiro atoms. The first-order valence-electron chi connectivity index (χ1n) is 11.7. The summed E-state index contributed by atoms with van der Waals surface area (Å²) >= 11 is 15.1. The zero-order valence-electron chi connectivity index (χ0n) is 20.4. The molecule has 0 saturated heterocycles. The predicted molar refractivity (Wildman–Crippen MR) is 159 cm³/mol. The molecular weight excluding hydrogens is 591 g/mol. The van der Waals surface area contributed by atoms with Gasteiger partial charge in [-0.2, -0.15) is 5.10 Å². The van der Waals surface area contributed by atoms with E-state index in [1.807, 2.05) is 24.3 Å². The van der Waals surface area contributed by atoms with Crippen LogP contribution in [0, 0.1) is 10.1 Å². The molecule has 12 heteroatoms. The maximum Gasteiger partial charge on any atom is 0.275 e. The summed E-state index contributed by atoms with van der Waals surface area (Å²) in [6, 6.07) is 24.0. The van der Waals surface area contributed by atoms with Crippen molar-refractivity contribution in [2.75, 3.05) is 0 Å². The van der Waals surface area contributed by atoms with E-state index in [1.165, 1.54) is 41.4 Å². The number of amides is 1. The van der Waals surface area contributed by atoms with Crippen LogP contribution in [0.1, 0.15) is 21.5 Å². The lowest BCUT2D eigenvalue weighted by Crippen LogP contribution is -2.18. The third-order valence-electron chi connectivity index (χ3n) is 5.58. The second-order valence-corrected chi connectivity index (χ2v) is 11.4. The Morgan fingerprint density at radius 2 is 1.88 bits per heavy atom. The Bertz CT molecular complexity index is 1730. The van der Waals surface area contributed by atoms with E-state index in [4.69, 9.17) is 27.9 Å². The van der Waals surface area contributed by atoms with Gasteiger partial charge < -0.3 is 4.74 Å². The number of aromatic nitrogens is 1. The molecule has 0 atom stereocenters. The molecule has 0 aliphatic rings. The fourth-order valence-corrected chi connectivity index (χ4v) is 6.19. The second kappa shape index (κ2) is 12.5. The Morgan fingerprint density at radius 3 is 2.67 bits per heavy atom. The maximum absolute atomic E-state index is 13.0. The van der Waals surface area contributed by atoms with E-state index in [0.717, 1.165) is 14.6 Å². The van der Waals surface area contributed by atoms with Crippen LogP contribution in [0.3, 0.4) is 0 Å². The van der Waals surface area contributed by atoms with E-state index < -0.39 is 10.8 Å². The summed E-state index contributed by atoms with van der Waals surface area (Å²) in [6.07, 6.45) is 1.37. The Hall–Kier alpha value is -3.96. The number of carbonyl (C=O) groups is 1. The normalized spacial score (nSPS) is 11.2. The average molecular weight is 610 g/mol. The predicted octanol–water partition coefficient (Wildman–Crippen LogP) is 8.01. The van der Waals surface area contributed by atoms with Crippen molar-refractivity contribution in [1.82, 2.24) is 10.4 Å². The minimum absolute atomic E-state index is 0.0963. The molecule has 1 N–H and O–H groups in total. The van der Waals surface area contributed by atoms with Crippen molar-refractivity contribution < 1.29 is 14.5 Å². The second-order valence-electron chi connectivity index (χ2n) is 8.25. The maximum atomic E-state index is 13.0. The van der Waals surface area contributed by atoms with E-state index >= 15 is 0 Å². The molecule has 0 aliphatic carbocycles. The summed E-state index contributed by atoms with van der Waals surface area (Å²) in [5.74, 6) is -0.177. The number of hydrazone groups is 1. The van der Waals surface area contributed by atoms with Crippen molar-refractivity contribution in [2.24, 2.45) is 5.10 Å². The number of fused-ring (bicyclic) bond motifs is 1. The van der Waals surface area contributed by atoms with Gasteiger partial charge in [-0.05, 0) is 42.5 Å². The van der Waals surface area contributed by atoms with Crippen molar-refractivity contribution in [3.8, 4) is 5.75 Å². The molecule has 0 aliphatic heterocycles. The molecule has 0 bridgehead atoms. The van der Waals surface area contributed by atoms with Crippen LogP contribution in [-0.2, 0) is 6.61 Å². The lowest BCUT2D eigenvalue weighted by atomic mass is 10.2. The van der Waals surface area contributed by atoms with Crippen molar-refractivity contribution in [2.45, 2.75) is 15.8 Å². The lowest BCUT2D eigenvalue weighted by molar-refractivity contribution is -0.384. The topological polar surface area (TPSA) is 107 Å². The number of benzene rings is 4. The first-order valence-corrected chi connectivity index (χ1v) is 14.1. The van der Waals surface area contributed by atoms with Crippen LogP contribution in [0.2, 0.25) is 10.0 Å². The van der Waals surface area contributed by atoms with Crippen LogP contribution < -0.4 is 10.2 Å². The van der Waals surface area contributed by atoms with Gasteiger partial charge in [0.25, 0.3) is 11.6 Å². The van der Waals surface area contributed by atoms with Gasteiger partial charge in [-0.3, -0.25) is 14.9 Å². The van der Waals surface area contributed by atoms with Gasteiger partial charge in [-0.1, -0.05) is 65.3 Å². The summed E-state index contributed by atoms with van der Waals surface area (Å²) in [6.45, 7) is 0.129. The molecule has 5 rings (SSSR count). The number of para-hydroxylation sites is 2. The highest BCUT2D eigenvalue weighted by Gasteiger charge is 2.15. The monoisotopic (exact) mass is 608 g/mol. The van der Waals surface area contributed by atoms with Crippen LogP contribution in [0.5, 0.6) is 5.75 Å². The molecule has 1 heterocycles. The van der Waals surface area contributed by atoms with Gasteiger partial charge in [0.05, 0.1) is 26.9 Å². The van der Waals surface area contributed by atoms with Crippen molar-refractivity contribution in [1.29, 1.82) is 0 Å². The fourth-order valence-electron chi connectivity index (χ4n) is 3.63. The van der Waals surface area contributed by atoms with Gasteiger partial charge in [-0.15, -0.1) is 11.3 Å². The van der Waals surface area contributed by atoms with Crippen molar-refractivity contribution in [3.05, 3.63) is 122 Å². The van der Waals surface area contributed by atoms with Gasteiger partial charge >= 0.3 is 0 Å². The third-order valence-corrected chi connectivity index (χ3v) is 8.35. The Kier molecular flexibility index (Phi) is 8.61. The number of halogens is 2. The molecule has 0 unspecified atom stereocenters. The number of rotatable bonds is 9. The van der Waals surface area contributed by atoms with Gasteiger partial charge in [0.2, 0.25) is 0 Å². The van der Waals surface area contributed by atoms with Crippen LogP contribution in [0.15, 0.2) is 99.3 Å². The number of hydrogen-bond acceptors (Lipinski definition) is 8. The van der Waals surface area contributed by atoms with E-state index in [2.05, 4.69) is 15.5 Å². The first-order chi connectivity index (χ1) is 19.4. The standard InChI is InChI=1S/C28H18Cl2N4O4S2/c29-19-10-9-17(22(30)14-19)16-38-24-7-3-1-5-21(24)27(35)33-31-15-18-13-20(34(36)37)11-12-25(18)39-28-32-23-6-2-4-8-26(23)40-28/h1-15H,16H2,(H,33,35)/b31-15+. The van der Waals surface area contributed by atoms with Gasteiger partial charge in [0.15, 0.2) is 4.34 Å². The SMILES string of the molecule is O=C(N/N=C/c1cc([N+](=O)[O-])ccc1Sc1nc2ccccc2s1)c1ccccc1OCc1ccc(Cl)cc1Cl. The summed E-state index contributed by atoms with van der Waals surface area (Å²) in [5.41, 5.74) is 4.69. The number of nitro benzene ring substituents is 1. The van der Waals surface area contributed by atoms with E-state index in [-0.39, 0.29) is 17.9 Å². The lowest BCUT2D eigenvalue weighted by Gasteiger charge is -2.11. The molecule has 40 heavy (non-hydrogen) atoms. The summed E-state index contributed by atoms with van der Waals surface area (Å²) in [5, 5.41) is 16.4. The Labute approximate surface area is 246 Å². The molecule has 1 aromatic heterocycles. The molecule has 0 saturated carbocycles. The minimum atomic E-state index is -0.514. The summed E-state index contributed by atoms with van der Waals surface area (Å²) < 4.78 is 7.67. The largest absolute Gasteiger partial charge is 0.488 e. The number of hydrogen-bond donors (Lipinski definition) is 1. The zero-order chi connectivity index (χ0) is 28.1. The molecule has 0 fully saturated rings. The van der Waals surface area contributed by atoms with Crippen molar-refractivity contribution >= 4 is 74.3 Å². The Balaban J connectivity index is 1.33. The number of nitrogens with zero attached hydrogens (tertiary/aromatic N) is 3. The molecule has 4 aromatic carbocycles. The average Bonchev–Trinajstić information content (AvgIpc) is 3.36. The zero-order valence-corrected chi connectivity index (χ0v) is 23.6. The molecule has 8 nitrogen and oxygen atoms in total. The quantitative estimate of drug-likeness (QED) is 0.103. The van der Waals surface area contributed by atoms with E-state index in [9.17, 15) is 14.9 Å². The van der Waals surface area contributed by atoms with E-state index in [0.29, 0.717) is 31.8 Å². The number of thiazole rings is 1. The van der Waals surface area contributed by atoms with Gasteiger partial charge in [0.1, 0.15) is 12.4 Å². The molecular formula is C28H18Cl2N4O4S2. The molecule has 0 radical (unpaired) electrons. The van der Waals surface area contributed by atoms with E-state index in [1.54, 1.807) is 48.5 Å². The van der Waals surface area contributed by atoms with Crippen LogP contribution in [0.25, 0.3) is 10.2 Å². The summed E-state index contributed by atoms with van der Waals surface area (Å²) in [7, 11) is 0. The van der Waals surface area contributed by atoms with Crippen LogP contribution in [0.4, 0.5) is 5.69 Å². The van der Waals surface area contributed by atoms with Crippen LogP contribution in [-0.4, -0.2) is 22.0 Å². The first kappa shape index (κ1) is 27.6. The number of non-ortho nitro benzene ring substituents is 1. The van der Waals surface area contributed by atoms with Gasteiger partial charge in [0, 0.05) is 38.2 Å². The highest BCUT2D eigenvalue weighted by molar-refractivity contribution is 8.01. The molecule has 200 valence electrons. The minimum Gasteiger partial charge on any atom is -0.488 e. The number of carbonyl (C=O) groups excluding carboxylic acids is 1. The Morgan fingerprint density at radius 1 is 1.07 bits per heavy atom. The number of ether oxygens (including phenoxy) is 1. The third kappa shape index (κ3) is 6.60. The molecule has 5 aromatic rings. The molecule has 1 amide bonds. The fraction of sp³-hybridized carbons (Fsp3) is 0.0357. The number of nitrogens with one attached hydrogen (secondary N) is 1.